The van der Waals surface area contributed by atoms with Crippen LogP contribution >= 0.6 is 0 Å². The summed E-state index contributed by atoms with van der Waals surface area (Å²) in [6.07, 6.45) is 3.97. The van der Waals surface area contributed by atoms with Gasteiger partial charge in [0, 0.05) is 18.8 Å². The lowest BCUT2D eigenvalue weighted by molar-refractivity contribution is -0.139. The molecule has 0 spiro atoms. The Morgan fingerprint density at radius 1 is 1.15 bits per heavy atom. The summed E-state index contributed by atoms with van der Waals surface area (Å²) in [5, 5.41) is 9.18. The Balaban J connectivity index is 1.43. The van der Waals surface area contributed by atoms with E-state index in [1.165, 1.54) is 6.21 Å². The van der Waals surface area contributed by atoms with Gasteiger partial charge in [-0.1, -0.05) is 37.3 Å². The molecule has 0 saturated carbocycles. The van der Waals surface area contributed by atoms with Crippen LogP contribution in [0.15, 0.2) is 53.6 Å². The lowest BCUT2D eigenvalue weighted by atomic mass is 10.1. The molecule has 1 fully saturated rings. The van der Waals surface area contributed by atoms with Crippen molar-refractivity contribution in [2.24, 2.45) is 5.10 Å². The molecule has 1 aliphatic rings. The minimum atomic E-state index is -0.860. The van der Waals surface area contributed by atoms with Crippen molar-refractivity contribution in [2.45, 2.75) is 32.3 Å². The Morgan fingerprint density at radius 3 is 2.79 bits per heavy atom. The molecule has 3 amide bonds. The van der Waals surface area contributed by atoms with Crippen molar-refractivity contribution in [1.82, 2.24) is 10.7 Å². The molecule has 0 aliphatic carbocycles. The van der Waals surface area contributed by atoms with Gasteiger partial charge in [-0.25, -0.2) is 5.43 Å². The second-order valence-corrected chi connectivity index (χ2v) is 7.46. The topological polar surface area (TPSA) is 118 Å². The Bertz CT molecular complexity index is 1000. The molecule has 1 atom stereocenters. The van der Waals surface area contributed by atoms with Crippen molar-refractivity contribution in [1.29, 1.82) is 0 Å². The highest BCUT2D eigenvalue weighted by Crippen LogP contribution is 2.16. The van der Waals surface area contributed by atoms with E-state index in [0.29, 0.717) is 24.5 Å². The number of nitrogens with one attached hydrogen (secondary N) is 3. The zero-order valence-corrected chi connectivity index (χ0v) is 18.5. The van der Waals surface area contributed by atoms with E-state index in [-0.39, 0.29) is 18.6 Å². The van der Waals surface area contributed by atoms with Gasteiger partial charge in [0.15, 0.2) is 6.61 Å². The van der Waals surface area contributed by atoms with E-state index in [2.05, 4.69) is 21.2 Å². The Labute approximate surface area is 192 Å². The number of benzene rings is 2. The van der Waals surface area contributed by atoms with Gasteiger partial charge in [-0.3, -0.25) is 14.4 Å². The monoisotopic (exact) mass is 452 g/mol. The summed E-state index contributed by atoms with van der Waals surface area (Å²) in [6.45, 7) is 2.85. The zero-order valence-electron chi connectivity index (χ0n) is 18.5. The third kappa shape index (κ3) is 7.73. The highest BCUT2D eigenvalue weighted by Gasteiger charge is 2.19. The molecule has 1 heterocycles. The highest BCUT2D eigenvalue weighted by molar-refractivity contribution is 6.35. The summed E-state index contributed by atoms with van der Waals surface area (Å²) < 4.78 is 11.0. The molecule has 2 aromatic rings. The number of para-hydroxylation sites is 1. The zero-order chi connectivity index (χ0) is 23.5. The molecule has 3 rings (SSSR count). The summed E-state index contributed by atoms with van der Waals surface area (Å²) in [6, 6.07) is 14.5. The van der Waals surface area contributed by atoms with Crippen LogP contribution < -0.4 is 20.8 Å². The normalized spacial score (nSPS) is 15.2. The fraction of sp³-hybridized carbons (Fsp3) is 0.333. The molecule has 0 aromatic heterocycles. The third-order valence-electron chi connectivity index (χ3n) is 5.00. The van der Waals surface area contributed by atoms with Crippen LogP contribution in [0.3, 0.4) is 0 Å². The number of carbonyl (C=O) groups excluding carboxylic acids is 3. The number of hydrogen-bond acceptors (Lipinski definition) is 6. The minimum Gasteiger partial charge on any atom is -0.484 e. The first-order valence-electron chi connectivity index (χ1n) is 10.9. The predicted molar refractivity (Wildman–Crippen MR) is 124 cm³/mol. The molecule has 33 heavy (non-hydrogen) atoms. The van der Waals surface area contributed by atoms with Crippen LogP contribution in [0.4, 0.5) is 5.69 Å². The van der Waals surface area contributed by atoms with Crippen LogP contribution in [0.25, 0.3) is 0 Å². The minimum absolute atomic E-state index is 0.0449. The van der Waals surface area contributed by atoms with Crippen LogP contribution in [0.2, 0.25) is 0 Å². The van der Waals surface area contributed by atoms with Gasteiger partial charge in [-0.2, -0.15) is 5.10 Å². The van der Waals surface area contributed by atoms with Crippen LogP contribution in [0.5, 0.6) is 5.75 Å². The summed E-state index contributed by atoms with van der Waals surface area (Å²) in [7, 11) is 0. The van der Waals surface area contributed by atoms with E-state index < -0.39 is 11.8 Å². The number of amides is 3. The molecule has 9 nitrogen and oxygen atoms in total. The number of rotatable bonds is 9. The molecule has 9 heteroatoms. The lowest BCUT2D eigenvalue weighted by Crippen LogP contribution is -2.41. The maximum atomic E-state index is 12.2. The van der Waals surface area contributed by atoms with E-state index in [4.69, 9.17) is 9.47 Å². The number of hydrazone groups is 1. The molecule has 0 bridgehead atoms. The number of hydrogen-bond donors (Lipinski definition) is 3. The van der Waals surface area contributed by atoms with Crippen LogP contribution in [-0.2, 0) is 25.5 Å². The molecule has 2 aromatic carbocycles. The molecule has 174 valence electrons. The van der Waals surface area contributed by atoms with Crippen molar-refractivity contribution >= 4 is 29.6 Å². The molecule has 3 N–H and O–H groups in total. The van der Waals surface area contributed by atoms with Crippen molar-refractivity contribution in [3.63, 3.8) is 0 Å². The van der Waals surface area contributed by atoms with Crippen LogP contribution in [0.1, 0.15) is 30.9 Å². The average molecular weight is 453 g/mol. The maximum absolute atomic E-state index is 12.2. The number of anilines is 1. The van der Waals surface area contributed by atoms with Gasteiger partial charge < -0.3 is 20.1 Å². The predicted octanol–water partition coefficient (Wildman–Crippen LogP) is 2.01. The molecule has 0 unspecified atom stereocenters. The summed E-state index contributed by atoms with van der Waals surface area (Å²) in [4.78, 5) is 35.9. The largest absolute Gasteiger partial charge is 0.484 e. The molecule has 0 radical (unpaired) electrons. The first kappa shape index (κ1) is 23.9. The second-order valence-electron chi connectivity index (χ2n) is 7.46. The SMILES string of the molecule is CCc1ccccc1NC(=O)COc1cccc(/C=N\NC(=O)C(=O)NC[C@H]2CCCO2)c1. The van der Waals surface area contributed by atoms with Gasteiger partial charge in [0.25, 0.3) is 5.91 Å². The van der Waals surface area contributed by atoms with Gasteiger partial charge in [-0.05, 0) is 48.6 Å². The second kappa shape index (κ2) is 12.4. The molecule has 1 saturated heterocycles. The Morgan fingerprint density at radius 2 is 2.00 bits per heavy atom. The van der Waals surface area contributed by atoms with Gasteiger partial charge in [0.2, 0.25) is 0 Å². The lowest BCUT2D eigenvalue weighted by Gasteiger charge is -2.11. The quantitative estimate of drug-likeness (QED) is 0.306. The number of carbonyl (C=O) groups is 3. The third-order valence-corrected chi connectivity index (χ3v) is 5.00. The van der Waals surface area contributed by atoms with Gasteiger partial charge in [-0.15, -0.1) is 0 Å². The summed E-state index contributed by atoms with van der Waals surface area (Å²) in [5.74, 6) is -1.43. The van der Waals surface area contributed by atoms with Gasteiger partial charge >= 0.3 is 11.8 Å². The van der Waals surface area contributed by atoms with E-state index in [1.54, 1.807) is 24.3 Å². The van der Waals surface area contributed by atoms with Crippen LogP contribution in [0, 0.1) is 0 Å². The first-order valence-corrected chi connectivity index (χ1v) is 10.9. The standard InChI is InChI=1S/C24H28N4O5/c1-2-18-8-3-4-11-21(18)27-22(29)16-33-19-9-5-7-17(13-19)14-26-28-24(31)23(30)25-15-20-10-6-12-32-20/h3-5,7-9,11,13-14,20H,2,6,10,12,15-16H2,1H3,(H,25,30)(H,27,29)(H,28,31)/b26-14-/t20-/m1/s1. The summed E-state index contributed by atoms with van der Waals surface area (Å²) >= 11 is 0. The molecular weight excluding hydrogens is 424 g/mol. The van der Waals surface area contributed by atoms with Crippen molar-refractivity contribution < 1.29 is 23.9 Å². The fourth-order valence-electron chi connectivity index (χ4n) is 3.28. The van der Waals surface area contributed by atoms with E-state index in [1.807, 2.05) is 31.2 Å². The van der Waals surface area contributed by atoms with E-state index >= 15 is 0 Å². The maximum Gasteiger partial charge on any atom is 0.329 e. The Hall–Kier alpha value is -3.72. The van der Waals surface area contributed by atoms with E-state index in [9.17, 15) is 14.4 Å². The van der Waals surface area contributed by atoms with E-state index in [0.717, 1.165) is 30.5 Å². The van der Waals surface area contributed by atoms with Crippen molar-refractivity contribution in [3.05, 3.63) is 59.7 Å². The van der Waals surface area contributed by atoms with Crippen LogP contribution in [-0.4, -0.2) is 49.8 Å². The Kier molecular flexibility index (Phi) is 8.96. The smallest absolute Gasteiger partial charge is 0.329 e. The number of ether oxygens (including phenoxy) is 2. The summed E-state index contributed by atoms with van der Waals surface area (Å²) in [5.41, 5.74) is 4.63. The molecule has 1 aliphatic heterocycles. The fourth-order valence-corrected chi connectivity index (χ4v) is 3.28. The number of nitrogens with zero attached hydrogens (tertiary/aromatic N) is 1. The number of aryl methyl sites for hydroxylation is 1. The highest BCUT2D eigenvalue weighted by atomic mass is 16.5. The van der Waals surface area contributed by atoms with Gasteiger partial charge in [0.05, 0.1) is 12.3 Å². The first-order chi connectivity index (χ1) is 16.0. The molecular formula is C24H28N4O5. The van der Waals surface area contributed by atoms with Gasteiger partial charge in [0.1, 0.15) is 5.75 Å². The van der Waals surface area contributed by atoms with Crippen molar-refractivity contribution in [2.75, 3.05) is 25.1 Å². The average Bonchev–Trinajstić information content (AvgIpc) is 3.35. The van der Waals surface area contributed by atoms with Crippen molar-refractivity contribution in [3.8, 4) is 5.75 Å².